The molecule has 6 heteroatoms. The molecule has 2 aliphatic rings. The molecule has 2 aliphatic heterocycles. The predicted molar refractivity (Wildman–Crippen MR) is 114 cm³/mol. The van der Waals surface area contributed by atoms with Crippen molar-refractivity contribution < 1.29 is 9.84 Å². The molecule has 4 rings (SSSR count). The van der Waals surface area contributed by atoms with Gasteiger partial charge in [-0.1, -0.05) is 17.7 Å². The largest absolute Gasteiger partial charge is 0.392 e. The van der Waals surface area contributed by atoms with E-state index in [0.29, 0.717) is 5.92 Å². The van der Waals surface area contributed by atoms with Gasteiger partial charge < -0.3 is 19.3 Å². The van der Waals surface area contributed by atoms with Gasteiger partial charge >= 0.3 is 0 Å². The van der Waals surface area contributed by atoms with E-state index in [1.54, 1.807) is 0 Å². The van der Waals surface area contributed by atoms with E-state index in [-0.39, 0.29) is 6.10 Å². The Labute approximate surface area is 172 Å². The first-order valence-corrected chi connectivity index (χ1v) is 11.0. The lowest BCUT2D eigenvalue weighted by atomic mass is 9.89. The number of β-amino-alcohol motifs (C(OH)–C–C–N with tert-alkyl or cyclic N) is 1. The highest BCUT2D eigenvalue weighted by Crippen LogP contribution is 2.35. The van der Waals surface area contributed by atoms with E-state index in [1.807, 2.05) is 13.0 Å². The minimum absolute atomic E-state index is 0.249. The van der Waals surface area contributed by atoms with Gasteiger partial charge in [0.05, 0.1) is 19.3 Å². The van der Waals surface area contributed by atoms with Crippen molar-refractivity contribution in [3.63, 3.8) is 0 Å². The summed E-state index contributed by atoms with van der Waals surface area (Å²) in [4.78, 5) is 4.86. The van der Waals surface area contributed by atoms with Crippen LogP contribution in [0.25, 0.3) is 10.9 Å². The zero-order chi connectivity index (χ0) is 19.5. The summed E-state index contributed by atoms with van der Waals surface area (Å²) in [7, 11) is 0. The second kappa shape index (κ2) is 9.14. The van der Waals surface area contributed by atoms with Gasteiger partial charge in [0.2, 0.25) is 0 Å². The standard InChI is InChI=1S/C22H32ClN3O2/c1-17(27)15-25-6-4-18(5-7-25)21-16-26(9-8-24-10-12-28-13-11-24)22-14-19(23)2-3-20(21)22/h2-3,14,16-18,27H,4-13,15H2,1H3. The summed E-state index contributed by atoms with van der Waals surface area (Å²) in [5, 5.41) is 11.8. The predicted octanol–water partition coefficient (Wildman–Crippen LogP) is 3.19. The lowest BCUT2D eigenvalue weighted by molar-refractivity contribution is 0.0365. The fourth-order valence-electron chi connectivity index (χ4n) is 4.68. The summed E-state index contributed by atoms with van der Waals surface area (Å²) >= 11 is 6.33. The third-order valence-corrected chi connectivity index (χ3v) is 6.42. The van der Waals surface area contributed by atoms with Crippen LogP contribution in [0.15, 0.2) is 24.4 Å². The van der Waals surface area contributed by atoms with Crippen molar-refractivity contribution in [1.29, 1.82) is 0 Å². The van der Waals surface area contributed by atoms with Crippen LogP contribution in [0.4, 0.5) is 0 Å². The molecule has 1 atom stereocenters. The molecule has 1 N–H and O–H groups in total. The number of halogens is 1. The number of rotatable bonds is 6. The lowest BCUT2D eigenvalue weighted by Crippen LogP contribution is -2.38. The molecule has 0 saturated carbocycles. The number of aliphatic hydroxyl groups excluding tert-OH is 1. The van der Waals surface area contributed by atoms with E-state index in [4.69, 9.17) is 16.3 Å². The van der Waals surface area contributed by atoms with Crippen LogP contribution in [0.2, 0.25) is 5.02 Å². The molecule has 3 heterocycles. The number of hydrogen-bond donors (Lipinski definition) is 1. The number of aliphatic hydroxyl groups is 1. The van der Waals surface area contributed by atoms with Gasteiger partial charge in [0.15, 0.2) is 0 Å². The van der Waals surface area contributed by atoms with E-state index < -0.39 is 0 Å². The van der Waals surface area contributed by atoms with Gasteiger partial charge in [0, 0.05) is 54.8 Å². The molecule has 28 heavy (non-hydrogen) atoms. The Hall–Kier alpha value is -1.11. The van der Waals surface area contributed by atoms with E-state index in [9.17, 15) is 5.11 Å². The molecule has 0 aliphatic carbocycles. The van der Waals surface area contributed by atoms with Crippen LogP contribution < -0.4 is 0 Å². The number of aromatic nitrogens is 1. The molecule has 1 unspecified atom stereocenters. The third kappa shape index (κ3) is 4.71. The van der Waals surface area contributed by atoms with Crippen molar-refractivity contribution >= 4 is 22.5 Å². The number of ether oxygens (including phenoxy) is 1. The second-order valence-electron chi connectivity index (χ2n) is 8.32. The van der Waals surface area contributed by atoms with Gasteiger partial charge in [-0.2, -0.15) is 0 Å². The maximum atomic E-state index is 9.66. The zero-order valence-electron chi connectivity index (χ0n) is 16.8. The van der Waals surface area contributed by atoms with E-state index in [1.165, 1.54) is 16.5 Å². The molecule has 154 valence electrons. The molecule has 2 aromatic rings. The van der Waals surface area contributed by atoms with Crippen molar-refractivity contribution in [2.24, 2.45) is 0 Å². The summed E-state index contributed by atoms with van der Waals surface area (Å²) in [6.07, 6.45) is 4.42. The minimum Gasteiger partial charge on any atom is -0.392 e. The van der Waals surface area contributed by atoms with Crippen LogP contribution in [0.5, 0.6) is 0 Å². The first kappa shape index (κ1) is 20.2. The number of nitrogens with zero attached hydrogens (tertiary/aromatic N) is 3. The van der Waals surface area contributed by atoms with Crippen LogP contribution in [0, 0.1) is 0 Å². The van der Waals surface area contributed by atoms with Gasteiger partial charge in [0.25, 0.3) is 0 Å². The Morgan fingerprint density at radius 3 is 2.57 bits per heavy atom. The van der Waals surface area contributed by atoms with Crippen molar-refractivity contribution in [3.05, 3.63) is 35.0 Å². The fourth-order valence-corrected chi connectivity index (χ4v) is 4.84. The Balaban J connectivity index is 1.50. The second-order valence-corrected chi connectivity index (χ2v) is 8.75. The summed E-state index contributed by atoms with van der Waals surface area (Å²) in [6.45, 7) is 10.5. The Morgan fingerprint density at radius 2 is 1.86 bits per heavy atom. The smallest absolute Gasteiger partial charge is 0.0639 e. The molecule has 0 amide bonds. The number of likely N-dealkylation sites (tertiary alicyclic amines) is 1. The van der Waals surface area contributed by atoms with Gasteiger partial charge in [-0.25, -0.2) is 0 Å². The SMILES string of the molecule is CC(O)CN1CCC(c2cn(CCN3CCOCC3)c3cc(Cl)ccc23)CC1. The molecule has 0 radical (unpaired) electrons. The Morgan fingerprint density at radius 1 is 1.11 bits per heavy atom. The average molecular weight is 406 g/mol. The van der Waals surface area contributed by atoms with Crippen molar-refractivity contribution in [1.82, 2.24) is 14.4 Å². The molecular formula is C22H32ClN3O2. The Bertz CT molecular complexity index is 777. The van der Waals surface area contributed by atoms with E-state index in [2.05, 4.69) is 32.7 Å². The number of hydrogen-bond acceptors (Lipinski definition) is 4. The van der Waals surface area contributed by atoms with Crippen LogP contribution in [0.3, 0.4) is 0 Å². The zero-order valence-corrected chi connectivity index (χ0v) is 17.6. The van der Waals surface area contributed by atoms with Gasteiger partial charge in [-0.05, 0) is 56.5 Å². The topological polar surface area (TPSA) is 40.9 Å². The molecule has 0 spiro atoms. The molecular weight excluding hydrogens is 374 g/mol. The van der Waals surface area contributed by atoms with Crippen LogP contribution in [-0.4, -0.2) is 78.1 Å². The van der Waals surface area contributed by atoms with Crippen LogP contribution >= 0.6 is 11.6 Å². The molecule has 2 fully saturated rings. The Kier molecular flexibility index (Phi) is 6.59. The van der Waals surface area contributed by atoms with E-state index in [0.717, 1.165) is 76.9 Å². The minimum atomic E-state index is -0.249. The van der Waals surface area contributed by atoms with Crippen LogP contribution in [0.1, 0.15) is 31.2 Å². The lowest BCUT2D eigenvalue weighted by Gasteiger charge is -2.32. The van der Waals surface area contributed by atoms with Gasteiger partial charge in [-0.3, -0.25) is 4.90 Å². The highest BCUT2D eigenvalue weighted by atomic mass is 35.5. The maximum absolute atomic E-state index is 9.66. The van der Waals surface area contributed by atoms with Crippen LogP contribution in [-0.2, 0) is 11.3 Å². The number of piperidine rings is 1. The van der Waals surface area contributed by atoms with Crippen molar-refractivity contribution in [3.8, 4) is 0 Å². The molecule has 2 saturated heterocycles. The summed E-state index contributed by atoms with van der Waals surface area (Å²) in [5.41, 5.74) is 2.72. The van der Waals surface area contributed by atoms with Gasteiger partial charge in [0.1, 0.15) is 0 Å². The summed E-state index contributed by atoms with van der Waals surface area (Å²) < 4.78 is 7.87. The van der Waals surface area contributed by atoms with Crippen molar-refractivity contribution in [2.75, 3.05) is 52.5 Å². The maximum Gasteiger partial charge on any atom is 0.0639 e. The first-order chi connectivity index (χ1) is 13.6. The highest BCUT2D eigenvalue weighted by molar-refractivity contribution is 6.31. The monoisotopic (exact) mass is 405 g/mol. The van der Waals surface area contributed by atoms with Crippen molar-refractivity contribution in [2.45, 2.75) is 38.3 Å². The fraction of sp³-hybridized carbons (Fsp3) is 0.636. The summed E-state index contributed by atoms with van der Waals surface area (Å²) in [6, 6.07) is 6.32. The normalized spacial score (nSPS) is 21.4. The molecule has 1 aromatic carbocycles. The quantitative estimate of drug-likeness (QED) is 0.801. The van der Waals surface area contributed by atoms with E-state index >= 15 is 0 Å². The number of benzene rings is 1. The molecule has 1 aromatic heterocycles. The number of fused-ring (bicyclic) bond motifs is 1. The highest BCUT2D eigenvalue weighted by Gasteiger charge is 2.24. The van der Waals surface area contributed by atoms with Gasteiger partial charge in [-0.15, -0.1) is 0 Å². The number of morpholine rings is 1. The third-order valence-electron chi connectivity index (χ3n) is 6.19. The molecule has 5 nitrogen and oxygen atoms in total. The molecule has 0 bridgehead atoms. The first-order valence-electron chi connectivity index (χ1n) is 10.6. The average Bonchev–Trinajstić information content (AvgIpc) is 3.05. The summed E-state index contributed by atoms with van der Waals surface area (Å²) in [5.74, 6) is 0.582.